The van der Waals surface area contributed by atoms with E-state index >= 15 is 0 Å². The van der Waals surface area contributed by atoms with E-state index in [0.29, 0.717) is 6.42 Å². The first-order valence-corrected chi connectivity index (χ1v) is 8.19. The van der Waals surface area contributed by atoms with Crippen molar-refractivity contribution in [3.63, 3.8) is 0 Å². The smallest absolute Gasteiger partial charge is 0.123 e. The largest absolute Gasteiger partial charge is 0.245 e. The van der Waals surface area contributed by atoms with Gasteiger partial charge in [-0.1, -0.05) is 36.6 Å². The molecule has 0 bridgehead atoms. The lowest BCUT2D eigenvalue weighted by molar-refractivity contribution is 0.263. The fraction of sp³-hybridized carbons (Fsp3) is 0.500. The molecule has 0 unspecified atom stereocenters. The lowest BCUT2D eigenvalue weighted by atomic mass is 9.72. The maximum absolute atomic E-state index is 13.4. The third-order valence-corrected chi connectivity index (χ3v) is 4.85. The van der Waals surface area contributed by atoms with Crippen molar-refractivity contribution < 1.29 is 4.39 Å². The van der Waals surface area contributed by atoms with Gasteiger partial charge in [0.15, 0.2) is 0 Å². The summed E-state index contributed by atoms with van der Waals surface area (Å²) < 4.78 is 15.1. The van der Waals surface area contributed by atoms with E-state index in [1.807, 2.05) is 19.2 Å². The van der Waals surface area contributed by atoms with Gasteiger partial charge in [-0.3, -0.25) is 0 Å². The number of rotatable bonds is 4. The molecule has 1 aromatic heterocycles. The molecule has 2 aromatic rings. The highest BCUT2D eigenvalue weighted by molar-refractivity contribution is 5.20. The van der Waals surface area contributed by atoms with E-state index in [9.17, 15) is 9.65 Å². The SMILES string of the molecule is C[C@@H](c1cccc(F)c1)n1cc(CC2(C#N)CCCCC2)nn1. The standard InChI is InChI=1S/C18H21FN4/c1-14(15-6-5-7-16(19)10-15)23-12-17(21-22-23)11-18(13-20)8-3-2-4-9-18/h5-7,10,12,14H,2-4,8-9,11H2,1H3/t14-/m0/s1. The molecule has 1 aromatic carbocycles. The second kappa shape index (κ2) is 6.49. The normalized spacial score (nSPS) is 18.3. The van der Waals surface area contributed by atoms with Crippen molar-refractivity contribution in [2.24, 2.45) is 5.41 Å². The van der Waals surface area contributed by atoms with Gasteiger partial charge in [0.2, 0.25) is 0 Å². The number of halogens is 1. The van der Waals surface area contributed by atoms with E-state index in [0.717, 1.165) is 36.9 Å². The van der Waals surface area contributed by atoms with E-state index in [2.05, 4.69) is 16.4 Å². The van der Waals surface area contributed by atoms with E-state index in [1.54, 1.807) is 10.7 Å². The molecule has 0 amide bonds. The molecule has 0 radical (unpaired) electrons. The summed E-state index contributed by atoms with van der Waals surface area (Å²) in [4.78, 5) is 0. The van der Waals surface area contributed by atoms with Crippen LogP contribution >= 0.6 is 0 Å². The first kappa shape index (κ1) is 15.7. The van der Waals surface area contributed by atoms with E-state index < -0.39 is 0 Å². The van der Waals surface area contributed by atoms with Crippen LogP contribution in [0.15, 0.2) is 30.5 Å². The highest BCUT2D eigenvalue weighted by Gasteiger charge is 2.33. The summed E-state index contributed by atoms with van der Waals surface area (Å²) in [6.45, 7) is 1.97. The zero-order chi connectivity index (χ0) is 16.3. The molecule has 1 heterocycles. The number of hydrogen-bond donors (Lipinski definition) is 0. The zero-order valence-corrected chi connectivity index (χ0v) is 13.4. The highest BCUT2D eigenvalue weighted by Crippen LogP contribution is 2.38. The summed E-state index contributed by atoms with van der Waals surface area (Å²) in [6, 6.07) is 8.96. The Bertz CT molecular complexity index is 710. The monoisotopic (exact) mass is 312 g/mol. The molecule has 1 aliphatic carbocycles. The maximum atomic E-state index is 13.4. The Labute approximate surface area is 135 Å². The van der Waals surface area contributed by atoms with Crippen molar-refractivity contribution in [3.05, 3.63) is 47.5 Å². The van der Waals surface area contributed by atoms with Crippen LogP contribution in [0.3, 0.4) is 0 Å². The van der Waals surface area contributed by atoms with Crippen LogP contribution in [0.4, 0.5) is 4.39 Å². The Balaban J connectivity index is 1.76. The van der Waals surface area contributed by atoms with Gasteiger partial charge in [-0.15, -0.1) is 5.10 Å². The molecule has 120 valence electrons. The molecule has 23 heavy (non-hydrogen) atoms. The van der Waals surface area contributed by atoms with Crippen LogP contribution in [-0.4, -0.2) is 15.0 Å². The van der Waals surface area contributed by atoms with Crippen molar-refractivity contribution in [3.8, 4) is 6.07 Å². The van der Waals surface area contributed by atoms with Gasteiger partial charge in [0.25, 0.3) is 0 Å². The highest BCUT2D eigenvalue weighted by atomic mass is 19.1. The van der Waals surface area contributed by atoms with E-state index in [1.165, 1.54) is 18.6 Å². The maximum Gasteiger partial charge on any atom is 0.123 e. The summed E-state index contributed by atoms with van der Waals surface area (Å²) in [5, 5.41) is 18.0. The van der Waals surface area contributed by atoms with Crippen LogP contribution < -0.4 is 0 Å². The Morgan fingerprint density at radius 2 is 2.13 bits per heavy atom. The van der Waals surface area contributed by atoms with Gasteiger partial charge in [-0.05, 0) is 37.5 Å². The first-order chi connectivity index (χ1) is 11.1. The number of nitrogens with zero attached hydrogens (tertiary/aromatic N) is 4. The molecule has 1 atom stereocenters. The van der Waals surface area contributed by atoms with Crippen LogP contribution in [0.1, 0.15) is 56.3 Å². The van der Waals surface area contributed by atoms with Crippen LogP contribution in [0, 0.1) is 22.6 Å². The van der Waals surface area contributed by atoms with Gasteiger partial charge in [0, 0.05) is 12.6 Å². The van der Waals surface area contributed by atoms with Crippen LogP contribution in [0.2, 0.25) is 0 Å². The first-order valence-electron chi connectivity index (χ1n) is 8.19. The van der Waals surface area contributed by atoms with Crippen molar-refractivity contribution in [1.29, 1.82) is 5.26 Å². The lowest BCUT2D eigenvalue weighted by Gasteiger charge is -2.29. The second-order valence-electron chi connectivity index (χ2n) is 6.55. The van der Waals surface area contributed by atoms with Crippen molar-refractivity contribution >= 4 is 0 Å². The molecule has 0 spiro atoms. The quantitative estimate of drug-likeness (QED) is 0.856. The molecule has 0 saturated heterocycles. The van der Waals surface area contributed by atoms with Crippen LogP contribution in [0.5, 0.6) is 0 Å². The molecule has 1 saturated carbocycles. The molecule has 1 fully saturated rings. The molecular formula is C18H21FN4. The minimum absolute atomic E-state index is 0.0867. The predicted octanol–water partition coefficient (Wildman–Crippen LogP) is 4.04. The van der Waals surface area contributed by atoms with Gasteiger partial charge in [0.05, 0.1) is 23.2 Å². The van der Waals surface area contributed by atoms with Crippen molar-refractivity contribution in [2.45, 2.75) is 51.5 Å². The Morgan fingerprint density at radius 3 is 2.83 bits per heavy atom. The van der Waals surface area contributed by atoms with Gasteiger partial charge in [-0.25, -0.2) is 9.07 Å². The van der Waals surface area contributed by atoms with Crippen molar-refractivity contribution in [2.75, 3.05) is 0 Å². The lowest BCUT2D eigenvalue weighted by Crippen LogP contribution is -2.25. The third kappa shape index (κ3) is 3.42. The number of aromatic nitrogens is 3. The Morgan fingerprint density at radius 1 is 1.35 bits per heavy atom. The predicted molar refractivity (Wildman–Crippen MR) is 85.1 cm³/mol. The van der Waals surface area contributed by atoms with Crippen LogP contribution in [0.25, 0.3) is 0 Å². The van der Waals surface area contributed by atoms with Gasteiger partial charge < -0.3 is 0 Å². The number of hydrogen-bond acceptors (Lipinski definition) is 3. The van der Waals surface area contributed by atoms with Crippen molar-refractivity contribution in [1.82, 2.24) is 15.0 Å². The third-order valence-electron chi connectivity index (χ3n) is 4.85. The summed E-state index contributed by atoms with van der Waals surface area (Å²) in [5.74, 6) is -0.250. The number of nitriles is 1. The minimum Gasteiger partial charge on any atom is -0.245 e. The molecule has 4 nitrogen and oxygen atoms in total. The van der Waals surface area contributed by atoms with Gasteiger partial charge in [-0.2, -0.15) is 5.26 Å². The number of benzene rings is 1. The molecule has 1 aliphatic rings. The van der Waals surface area contributed by atoms with E-state index in [4.69, 9.17) is 0 Å². The average Bonchev–Trinajstić information content (AvgIpc) is 3.03. The summed E-state index contributed by atoms with van der Waals surface area (Å²) in [5.41, 5.74) is 1.41. The molecule has 5 heteroatoms. The molecule has 0 N–H and O–H groups in total. The fourth-order valence-electron chi connectivity index (χ4n) is 3.41. The molecular weight excluding hydrogens is 291 g/mol. The zero-order valence-electron chi connectivity index (χ0n) is 13.4. The van der Waals surface area contributed by atoms with Gasteiger partial charge >= 0.3 is 0 Å². The molecule has 0 aliphatic heterocycles. The average molecular weight is 312 g/mol. The Kier molecular flexibility index (Phi) is 4.42. The van der Waals surface area contributed by atoms with Crippen LogP contribution in [-0.2, 0) is 6.42 Å². The molecule has 3 rings (SSSR count). The van der Waals surface area contributed by atoms with Gasteiger partial charge in [0.1, 0.15) is 5.82 Å². The van der Waals surface area contributed by atoms with E-state index in [-0.39, 0.29) is 17.3 Å². The topological polar surface area (TPSA) is 54.5 Å². The Hall–Kier alpha value is -2.22. The summed E-state index contributed by atoms with van der Waals surface area (Å²) >= 11 is 0. The second-order valence-corrected chi connectivity index (χ2v) is 6.55. The fourth-order valence-corrected chi connectivity index (χ4v) is 3.41. The summed E-state index contributed by atoms with van der Waals surface area (Å²) in [6.07, 6.45) is 7.86. The summed E-state index contributed by atoms with van der Waals surface area (Å²) in [7, 11) is 0. The minimum atomic E-state index is -0.290.